The monoisotopic (exact) mass is 362 g/mol. The highest BCUT2D eigenvalue weighted by molar-refractivity contribution is 5.28. The third-order valence-electron chi connectivity index (χ3n) is 5.02. The minimum atomic E-state index is -0.174. The zero-order valence-corrected chi connectivity index (χ0v) is 15.2. The molecule has 0 saturated carbocycles. The third-order valence-corrected chi connectivity index (χ3v) is 5.02. The molecule has 3 aromatic rings. The van der Waals surface area contributed by atoms with Gasteiger partial charge >= 0.3 is 0 Å². The van der Waals surface area contributed by atoms with Crippen molar-refractivity contribution < 1.29 is 4.39 Å². The van der Waals surface area contributed by atoms with Crippen LogP contribution < -0.4 is 5.32 Å². The Morgan fingerprint density at radius 1 is 0.963 bits per heavy atom. The number of anilines is 1. The lowest BCUT2D eigenvalue weighted by atomic mass is 9.99. The number of hydrogen-bond donors (Lipinski definition) is 1. The molecule has 2 heterocycles. The molecule has 0 amide bonds. The maximum absolute atomic E-state index is 13.1. The smallest absolute Gasteiger partial charge is 0.222 e. The molecule has 0 bridgehead atoms. The van der Waals surface area contributed by atoms with E-state index in [0.717, 1.165) is 31.6 Å². The van der Waals surface area contributed by atoms with Crippen LogP contribution in [-0.4, -0.2) is 28.0 Å². The Labute approximate surface area is 159 Å². The summed E-state index contributed by atoms with van der Waals surface area (Å²) < 4.78 is 13.1. The number of nitrogens with zero attached hydrogens (tertiary/aromatic N) is 3. The van der Waals surface area contributed by atoms with E-state index in [1.807, 2.05) is 42.7 Å². The van der Waals surface area contributed by atoms with Crippen LogP contribution in [0.3, 0.4) is 0 Å². The van der Waals surface area contributed by atoms with Crippen molar-refractivity contribution in [1.29, 1.82) is 0 Å². The van der Waals surface area contributed by atoms with E-state index in [1.165, 1.54) is 11.1 Å². The molecule has 4 nitrogen and oxygen atoms in total. The maximum Gasteiger partial charge on any atom is 0.222 e. The summed E-state index contributed by atoms with van der Waals surface area (Å²) in [4.78, 5) is 11.3. The molecule has 1 N–H and O–H groups in total. The molecule has 27 heavy (non-hydrogen) atoms. The lowest BCUT2D eigenvalue weighted by molar-refractivity contribution is 0.326. The highest BCUT2D eigenvalue weighted by Crippen LogP contribution is 2.28. The van der Waals surface area contributed by atoms with Crippen LogP contribution in [0.25, 0.3) is 0 Å². The Morgan fingerprint density at radius 3 is 2.44 bits per heavy atom. The first kappa shape index (κ1) is 17.6. The molecular formula is C22H23FN4. The second kappa shape index (κ2) is 8.27. The number of benzene rings is 2. The van der Waals surface area contributed by atoms with Gasteiger partial charge in [-0.2, -0.15) is 0 Å². The minimum absolute atomic E-state index is 0.174. The molecule has 0 spiro atoms. The number of likely N-dealkylation sites (tertiary alicyclic amines) is 1. The van der Waals surface area contributed by atoms with Gasteiger partial charge in [0.05, 0.1) is 0 Å². The SMILES string of the molecule is Fc1ccc(C2CCN(Cc3cnc(NCc4ccccc4)nc3)C2)cc1. The molecular weight excluding hydrogens is 339 g/mol. The molecule has 1 fully saturated rings. The Bertz CT molecular complexity index is 850. The van der Waals surface area contributed by atoms with Crippen LogP contribution in [0.5, 0.6) is 0 Å². The van der Waals surface area contributed by atoms with E-state index >= 15 is 0 Å². The van der Waals surface area contributed by atoms with E-state index in [0.29, 0.717) is 18.4 Å². The van der Waals surface area contributed by atoms with Crippen LogP contribution in [0.4, 0.5) is 10.3 Å². The standard InChI is InChI=1S/C22H23FN4/c23-21-8-6-19(7-9-21)20-10-11-27(16-20)15-18-13-25-22(26-14-18)24-12-17-4-2-1-3-5-17/h1-9,13-14,20H,10-12,15-16H2,(H,24,25,26). The summed E-state index contributed by atoms with van der Waals surface area (Å²) in [6.45, 7) is 3.58. The van der Waals surface area contributed by atoms with Gasteiger partial charge < -0.3 is 5.32 Å². The summed E-state index contributed by atoms with van der Waals surface area (Å²) in [7, 11) is 0. The van der Waals surface area contributed by atoms with Crippen LogP contribution >= 0.6 is 0 Å². The van der Waals surface area contributed by atoms with Crippen molar-refractivity contribution in [3.05, 3.63) is 89.5 Å². The molecule has 1 aliphatic rings. The highest BCUT2D eigenvalue weighted by Gasteiger charge is 2.23. The summed E-state index contributed by atoms with van der Waals surface area (Å²) >= 11 is 0. The molecule has 1 unspecified atom stereocenters. The number of nitrogens with one attached hydrogen (secondary N) is 1. The summed E-state index contributed by atoms with van der Waals surface area (Å²) in [5.41, 5.74) is 3.53. The summed E-state index contributed by atoms with van der Waals surface area (Å²) in [6.07, 6.45) is 4.89. The molecule has 1 atom stereocenters. The van der Waals surface area contributed by atoms with Gasteiger partial charge in [0, 0.05) is 37.6 Å². The van der Waals surface area contributed by atoms with E-state index in [9.17, 15) is 4.39 Å². The predicted molar refractivity (Wildman–Crippen MR) is 105 cm³/mol. The molecule has 5 heteroatoms. The zero-order chi connectivity index (χ0) is 18.5. The number of aromatic nitrogens is 2. The van der Waals surface area contributed by atoms with Gasteiger partial charge in [0.2, 0.25) is 5.95 Å². The number of rotatable bonds is 6. The topological polar surface area (TPSA) is 41.1 Å². The molecule has 4 rings (SSSR count). The molecule has 1 aromatic heterocycles. The van der Waals surface area contributed by atoms with Crippen molar-refractivity contribution in [2.75, 3.05) is 18.4 Å². The predicted octanol–water partition coefficient (Wildman–Crippen LogP) is 4.22. The Balaban J connectivity index is 1.29. The van der Waals surface area contributed by atoms with Crippen molar-refractivity contribution >= 4 is 5.95 Å². The number of halogens is 1. The second-order valence-corrected chi connectivity index (χ2v) is 7.03. The largest absolute Gasteiger partial charge is 0.350 e. The van der Waals surface area contributed by atoms with Crippen LogP contribution in [0.15, 0.2) is 67.0 Å². The summed E-state index contributed by atoms with van der Waals surface area (Å²) in [5, 5.41) is 3.25. The number of hydrogen-bond acceptors (Lipinski definition) is 4. The molecule has 1 saturated heterocycles. The van der Waals surface area contributed by atoms with Crippen molar-refractivity contribution in [1.82, 2.24) is 14.9 Å². The average Bonchev–Trinajstić information content (AvgIpc) is 3.17. The fourth-order valence-electron chi connectivity index (χ4n) is 3.55. The van der Waals surface area contributed by atoms with Crippen molar-refractivity contribution in [3.8, 4) is 0 Å². The molecule has 138 valence electrons. The van der Waals surface area contributed by atoms with E-state index < -0.39 is 0 Å². The van der Waals surface area contributed by atoms with Gasteiger partial charge in [0.15, 0.2) is 0 Å². The Morgan fingerprint density at radius 2 is 1.70 bits per heavy atom. The normalized spacial score (nSPS) is 17.1. The van der Waals surface area contributed by atoms with Crippen molar-refractivity contribution in [2.45, 2.75) is 25.4 Å². The lowest BCUT2D eigenvalue weighted by Gasteiger charge is -2.16. The van der Waals surface area contributed by atoms with Gasteiger partial charge in [0.1, 0.15) is 5.82 Å². The Hall–Kier alpha value is -2.79. The van der Waals surface area contributed by atoms with Crippen LogP contribution in [0.1, 0.15) is 29.0 Å². The highest BCUT2D eigenvalue weighted by atomic mass is 19.1. The lowest BCUT2D eigenvalue weighted by Crippen LogP contribution is -2.20. The van der Waals surface area contributed by atoms with Crippen molar-refractivity contribution in [3.63, 3.8) is 0 Å². The summed E-state index contributed by atoms with van der Waals surface area (Å²) in [5.74, 6) is 0.943. The first-order valence-electron chi connectivity index (χ1n) is 9.33. The van der Waals surface area contributed by atoms with E-state index in [1.54, 1.807) is 12.1 Å². The van der Waals surface area contributed by atoms with Crippen LogP contribution in [0.2, 0.25) is 0 Å². The minimum Gasteiger partial charge on any atom is -0.350 e. The van der Waals surface area contributed by atoms with Gasteiger partial charge in [-0.05, 0) is 42.1 Å². The quantitative estimate of drug-likeness (QED) is 0.713. The van der Waals surface area contributed by atoms with E-state index in [2.05, 4.69) is 32.3 Å². The zero-order valence-electron chi connectivity index (χ0n) is 15.2. The van der Waals surface area contributed by atoms with Gasteiger partial charge in [-0.3, -0.25) is 4.90 Å². The first-order valence-corrected chi connectivity index (χ1v) is 9.33. The molecule has 2 aromatic carbocycles. The average molecular weight is 362 g/mol. The van der Waals surface area contributed by atoms with E-state index in [4.69, 9.17) is 0 Å². The fraction of sp³-hybridized carbons (Fsp3) is 0.273. The van der Waals surface area contributed by atoms with Gasteiger partial charge in [-0.25, -0.2) is 14.4 Å². The van der Waals surface area contributed by atoms with Gasteiger partial charge in [-0.1, -0.05) is 42.5 Å². The Kier molecular flexibility index (Phi) is 5.39. The molecule has 1 aliphatic heterocycles. The third kappa shape index (κ3) is 4.68. The molecule has 0 radical (unpaired) electrons. The fourth-order valence-corrected chi connectivity index (χ4v) is 3.55. The van der Waals surface area contributed by atoms with Gasteiger partial charge in [0.25, 0.3) is 0 Å². The maximum atomic E-state index is 13.1. The van der Waals surface area contributed by atoms with E-state index in [-0.39, 0.29) is 5.82 Å². The second-order valence-electron chi connectivity index (χ2n) is 7.03. The van der Waals surface area contributed by atoms with Crippen LogP contribution in [0, 0.1) is 5.82 Å². The summed E-state index contributed by atoms with van der Waals surface area (Å²) in [6, 6.07) is 17.1. The van der Waals surface area contributed by atoms with Crippen molar-refractivity contribution in [2.24, 2.45) is 0 Å². The van der Waals surface area contributed by atoms with Crippen LogP contribution in [-0.2, 0) is 13.1 Å². The molecule has 0 aliphatic carbocycles. The van der Waals surface area contributed by atoms with Gasteiger partial charge in [-0.15, -0.1) is 0 Å². The first-order chi connectivity index (χ1) is 13.3.